The van der Waals surface area contributed by atoms with Crippen molar-refractivity contribution in [3.8, 4) is 0 Å². The molecule has 0 bridgehead atoms. The van der Waals surface area contributed by atoms with E-state index >= 15 is 0 Å². The highest BCUT2D eigenvalue weighted by atomic mass is 16.2. The number of hydrogen-bond donors (Lipinski definition) is 2. The number of carbonyl (C=O) groups is 2. The van der Waals surface area contributed by atoms with Crippen LogP contribution in [0.4, 0.5) is 5.69 Å². The Hall–Kier alpha value is -2.72. The van der Waals surface area contributed by atoms with Gasteiger partial charge in [-0.05, 0) is 73.4 Å². The Morgan fingerprint density at radius 2 is 1.75 bits per heavy atom. The second-order valence-corrected chi connectivity index (χ2v) is 9.05. The van der Waals surface area contributed by atoms with Crippen LogP contribution in [-0.2, 0) is 4.79 Å². The van der Waals surface area contributed by atoms with Crippen LogP contribution < -0.4 is 11.1 Å². The Morgan fingerprint density at radius 1 is 1.03 bits per heavy atom. The van der Waals surface area contributed by atoms with E-state index in [1.165, 1.54) is 0 Å². The number of carbonyl (C=O) groups excluding carboxylic acids is 2. The Labute approximate surface area is 192 Å². The average Bonchev–Trinajstić information content (AvgIpc) is 3.12. The van der Waals surface area contributed by atoms with Gasteiger partial charge in [0.2, 0.25) is 0 Å². The summed E-state index contributed by atoms with van der Waals surface area (Å²) in [5, 5.41) is 3.03. The van der Waals surface area contributed by atoms with E-state index in [9.17, 15) is 9.59 Å². The molecule has 0 fully saturated rings. The number of unbranched alkanes of at least 4 members (excludes halogenated alkanes) is 1. The van der Waals surface area contributed by atoms with E-state index in [4.69, 9.17) is 5.73 Å². The van der Waals surface area contributed by atoms with Crippen LogP contribution in [0.25, 0.3) is 11.1 Å². The number of rotatable bonds is 10. The third-order valence-electron chi connectivity index (χ3n) is 6.99. The van der Waals surface area contributed by atoms with Gasteiger partial charge >= 0.3 is 0 Å². The highest BCUT2D eigenvalue weighted by Gasteiger charge is 2.34. The standard InChI is InChI=1S/C28H36N2O2/c1-5-18(2)23(13-9-10-16-29)19(3)26(21-11-7-6-8-12-21)27-24-17-22(20(4)31)14-15-25(24)30-28(27)32/h6-8,11-12,14-15,17-19,23H,5,9-10,13,16,29H2,1-4H3,(H,30,32)/b27-26+. The molecule has 1 amide bonds. The predicted molar refractivity (Wildman–Crippen MR) is 133 cm³/mol. The van der Waals surface area contributed by atoms with Crippen molar-refractivity contribution in [2.45, 2.75) is 53.4 Å². The van der Waals surface area contributed by atoms with E-state index in [0.717, 1.165) is 48.1 Å². The number of ketones is 1. The number of nitrogens with two attached hydrogens (primary N) is 1. The van der Waals surface area contributed by atoms with Crippen LogP contribution in [0.5, 0.6) is 0 Å². The summed E-state index contributed by atoms with van der Waals surface area (Å²) < 4.78 is 0. The zero-order valence-electron chi connectivity index (χ0n) is 19.8. The molecule has 1 aliphatic rings. The minimum absolute atomic E-state index is 0.0000693. The first-order valence-corrected chi connectivity index (χ1v) is 11.8. The minimum atomic E-state index is -0.0868. The van der Waals surface area contributed by atoms with E-state index in [1.807, 2.05) is 30.3 Å². The minimum Gasteiger partial charge on any atom is -0.330 e. The Morgan fingerprint density at radius 3 is 2.38 bits per heavy atom. The van der Waals surface area contributed by atoms with Crippen LogP contribution in [0, 0.1) is 17.8 Å². The molecule has 2 aromatic rings. The van der Waals surface area contributed by atoms with Crippen LogP contribution in [0.2, 0.25) is 0 Å². The topological polar surface area (TPSA) is 72.2 Å². The highest BCUT2D eigenvalue weighted by Crippen LogP contribution is 2.45. The molecular weight excluding hydrogens is 396 g/mol. The van der Waals surface area contributed by atoms with Crippen molar-refractivity contribution in [3.05, 3.63) is 65.2 Å². The summed E-state index contributed by atoms with van der Waals surface area (Å²) in [6, 6.07) is 15.7. The van der Waals surface area contributed by atoms with Crippen LogP contribution in [0.15, 0.2) is 48.5 Å². The first kappa shape index (κ1) is 23.9. The molecule has 32 heavy (non-hydrogen) atoms. The molecule has 0 saturated heterocycles. The van der Waals surface area contributed by atoms with E-state index < -0.39 is 0 Å². The molecule has 0 aliphatic carbocycles. The maximum atomic E-state index is 13.3. The van der Waals surface area contributed by atoms with Crippen molar-refractivity contribution in [1.82, 2.24) is 0 Å². The first-order chi connectivity index (χ1) is 15.4. The van der Waals surface area contributed by atoms with Crippen molar-refractivity contribution >= 4 is 28.5 Å². The van der Waals surface area contributed by atoms with Crippen molar-refractivity contribution in [2.24, 2.45) is 23.5 Å². The van der Waals surface area contributed by atoms with E-state index in [0.29, 0.717) is 29.5 Å². The van der Waals surface area contributed by atoms with Crippen molar-refractivity contribution < 1.29 is 9.59 Å². The van der Waals surface area contributed by atoms with Gasteiger partial charge in [0, 0.05) is 16.8 Å². The predicted octanol–water partition coefficient (Wildman–Crippen LogP) is 6.18. The van der Waals surface area contributed by atoms with Gasteiger partial charge in [0.25, 0.3) is 5.91 Å². The largest absolute Gasteiger partial charge is 0.330 e. The van der Waals surface area contributed by atoms with Crippen molar-refractivity contribution in [2.75, 3.05) is 11.9 Å². The number of amides is 1. The smallest absolute Gasteiger partial charge is 0.256 e. The van der Waals surface area contributed by atoms with E-state index in [1.54, 1.807) is 13.0 Å². The van der Waals surface area contributed by atoms with E-state index in [-0.39, 0.29) is 17.6 Å². The van der Waals surface area contributed by atoms with Crippen molar-refractivity contribution in [1.29, 1.82) is 0 Å². The summed E-state index contributed by atoms with van der Waals surface area (Å²) in [5.41, 5.74) is 10.8. The molecule has 3 atom stereocenters. The summed E-state index contributed by atoms with van der Waals surface area (Å²) >= 11 is 0. The fraction of sp³-hybridized carbons (Fsp3) is 0.429. The third-order valence-corrected chi connectivity index (χ3v) is 6.99. The number of fused-ring (bicyclic) bond motifs is 1. The maximum Gasteiger partial charge on any atom is 0.256 e. The fourth-order valence-electron chi connectivity index (χ4n) is 4.97. The van der Waals surface area contributed by atoms with Crippen LogP contribution in [0.1, 0.15) is 74.9 Å². The molecule has 0 spiro atoms. The average molecular weight is 433 g/mol. The summed E-state index contributed by atoms with van der Waals surface area (Å²) in [6.45, 7) is 9.08. The molecule has 0 radical (unpaired) electrons. The lowest BCUT2D eigenvalue weighted by Gasteiger charge is -2.32. The van der Waals surface area contributed by atoms with Gasteiger partial charge in [-0.15, -0.1) is 0 Å². The first-order valence-electron chi connectivity index (χ1n) is 11.8. The van der Waals surface area contributed by atoms with Gasteiger partial charge in [-0.25, -0.2) is 0 Å². The summed E-state index contributed by atoms with van der Waals surface area (Å²) in [6.07, 6.45) is 4.28. The number of Topliss-reactive ketones (excluding diaryl/α,β-unsaturated/α-hetero) is 1. The molecule has 3 unspecified atom stereocenters. The van der Waals surface area contributed by atoms with Gasteiger partial charge in [0.1, 0.15) is 0 Å². The molecule has 2 aromatic carbocycles. The molecule has 4 heteroatoms. The second kappa shape index (κ2) is 10.7. The molecule has 4 nitrogen and oxygen atoms in total. The molecular formula is C28H36N2O2. The quantitative estimate of drug-likeness (QED) is 0.267. The van der Waals surface area contributed by atoms with Gasteiger partial charge < -0.3 is 11.1 Å². The molecule has 0 saturated carbocycles. The Bertz CT molecular complexity index is 994. The SMILES string of the molecule is CCC(C)C(CCCCN)C(C)/C(=C1\C(=O)Nc2ccc(C(C)=O)cc21)c1ccccc1. The molecule has 3 rings (SSSR count). The number of allylic oxidation sites excluding steroid dienone is 1. The number of hydrogen-bond acceptors (Lipinski definition) is 3. The van der Waals surface area contributed by atoms with Crippen LogP contribution in [-0.4, -0.2) is 18.2 Å². The van der Waals surface area contributed by atoms with Crippen LogP contribution >= 0.6 is 0 Å². The lowest BCUT2D eigenvalue weighted by atomic mass is 9.72. The van der Waals surface area contributed by atoms with Gasteiger partial charge in [0.15, 0.2) is 5.78 Å². The summed E-state index contributed by atoms with van der Waals surface area (Å²) in [5.74, 6) is 1.05. The Balaban J connectivity index is 2.19. The van der Waals surface area contributed by atoms with Gasteiger partial charge in [0.05, 0.1) is 5.57 Å². The van der Waals surface area contributed by atoms with Gasteiger partial charge in [-0.2, -0.15) is 0 Å². The molecule has 3 N–H and O–H groups in total. The lowest BCUT2D eigenvalue weighted by Crippen LogP contribution is -2.23. The lowest BCUT2D eigenvalue weighted by molar-refractivity contribution is -0.110. The molecule has 0 aromatic heterocycles. The Kier molecular flexibility index (Phi) is 8.03. The fourth-order valence-corrected chi connectivity index (χ4v) is 4.97. The maximum absolute atomic E-state index is 13.3. The summed E-state index contributed by atoms with van der Waals surface area (Å²) in [4.78, 5) is 25.3. The third kappa shape index (κ3) is 5.02. The monoisotopic (exact) mass is 432 g/mol. The number of nitrogens with one attached hydrogen (secondary N) is 1. The zero-order valence-corrected chi connectivity index (χ0v) is 19.8. The van der Waals surface area contributed by atoms with Crippen LogP contribution in [0.3, 0.4) is 0 Å². The number of anilines is 1. The van der Waals surface area contributed by atoms with Crippen molar-refractivity contribution in [3.63, 3.8) is 0 Å². The molecule has 170 valence electrons. The van der Waals surface area contributed by atoms with Gasteiger partial charge in [-0.1, -0.05) is 63.9 Å². The second-order valence-electron chi connectivity index (χ2n) is 9.05. The van der Waals surface area contributed by atoms with Gasteiger partial charge in [-0.3, -0.25) is 9.59 Å². The molecule has 1 aliphatic heterocycles. The zero-order chi connectivity index (χ0) is 23.3. The normalized spacial score (nSPS) is 17.3. The summed E-state index contributed by atoms with van der Waals surface area (Å²) in [7, 11) is 0. The van der Waals surface area contributed by atoms with E-state index in [2.05, 4.69) is 38.2 Å². The number of benzene rings is 2. The highest BCUT2D eigenvalue weighted by molar-refractivity contribution is 6.37. The molecule has 1 heterocycles.